The van der Waals surface area contributed by atoms with Gasteiger partial charge in [-0.05, 0) is 42.5 Å². The maximum absolute atomic E-state index is 13.1. The maximum Gasteiger partial charge on any atom is 0.261 e. The number of nitrogen functional groups attached to an aromatic ring is 1. The molecule has 0 aliphatic heterocycles. The lowest BCUT2D eigenvalue weighted by molar-refractivity contribution is 0.601. The summed E-state index contributed by atoms with van der Waals surface area (Å²) in [5, 5.41) is 21.7. The number of azo groups is 1. The van der Waals surface area contributed by atoms with Gasteiger partial charge in [0.05, 0.1) is 16.3 Å². The Morgan fingerprint density at radius 3 is 2.00 bits per heavy atom. The van der Waals surface area contributed by atoms with Gasteiger partial charge in [-0.3, -0.25) is 10.1 Å². The normalized spacial score (nSPS) is 11.5. The average Bonchev–Trinajstić information content (AvgIpc) is 3.66. The van der Waals surface area contributed by atoms with Crippen molar-refractivity contribution in [3.05, 3.63) is 134 Å². The molecular formula is C32H26N8O2S. The number of nitrogens with two attached hydrogens (primary N) is 1. The third-order valence-corrected chi connectivity index (χ3v) is 7.99. The highest BCUT2D eigenvalue weighted by molar-refractivity contribution is 7.92. The number of benzene rings is 4. The number of rotatable bonds is 8. The minimum atomic E-state index is -3.84. The van der Waals surface area contributed by atoms with Gasteiger partial charge in [0.2, 0.25) is 5.96 Å². The van der Waals surface area contributed by atoms with E-state index >= 15 is 0 Å². The zero-order chi connectivity index (χ0) is 29.8. The van der Waals surface area contributed by atoms with Gasteiger partial charge in [0, 0.05) is 29.2 Å². The molecule has 0 atom stereocenters. The topological polar surface area (TPSA) is 144 Å². The van der Waals surface area contributed by atoms with E-state index in [-0.39, 0.29) is 10.9 Å². The molecule has 0 radical (unpaired) electrons. The zero-order valence-corrected chi connectivity index (χ0v) is 23.6. The molecule has 0 aliphatic carbocycles. The van der Waals surface area contributed by atoms with Crippen molar-refractivity contribution >= 4 is 33.0 Å². The van der Waals surface area contributed by atoms with Crippen LogP contribution in [0.2, 0.25) is 0 Å². The number of nitrogens with one attached hydrogen (secondary N) is 2. The molecule has 2 heterocycles. The van der Waals surface area contributed by atoms with Crippen LogP contribution in [0.4, 0.5) is 17.1 Å². The first-order valence-corrected chi connectivity index (χ1v) is 14.7. The Morgan fingerprint density at radius 2 is 1.37 bits per heavy atom. The van der Waals surface area contributed by atoms with E-state index in [0.29, 0.717) is 28.5 Å². The van der Waals surface area contributed by atoms with Gasteiger partial charge in [0.1, 0.15) is 17.1 Å². The van der Waals surface area contributed by atoms with Gasteiger partial charge in [0.15, 0.2) is 0 Å². The van der Waals surface area contributed by atoms with Crippen LogP contribution < -0.4 is 10.5 Å². The first kappa shape index (κ1) is 27.4. The maximum atomic E-state index is 13.1. The molecule has 43 heavy (non-hydrogen) atoms. The molecule has 0 aliphatic rings. The van der Waals surface area contributed by atoms with E-state index in [1.807, 2.05) is 95.6 Å². The number of hydrogen-bond donors (Lipinski definition) is 3. The number of anilines is 1. The van der Waals surface area contributed by atoms with Crippen LogP contribution in [0.15, 0.2) is 149 Å². The number of aromatic nitrogens is 3. The van der Waals surface area contributed by atoms with Crippen molar-refractivity contribution in [3.8, 4) is 28.2 Å². The molecule has 4 aromatic carbocycles. The summed E-state index contributed by atoms with van der Waals surface area (Å²) in [6, 6.07) is 36.3. The van der Waals surface area contributed by atoms with Gasteiger partial charge in [-0.1, -0.05) is 78.9 Å². The van der Waals surface area contributed by atoms with Crippen molar-refractivity contribution < 1.29 is 8.42 Å². The Hall–Kier alpha value is -5.81. The largest absolute Gasteiger partial charge is 0.368 e. The monoisotopic (exact) mass is 586 g/mol. The Morgan fingerprint density at radius 1 is 0.767 bits per heavy atom. The molecule has 11 heteroatoms. The summed E-state index contributed by atoms with van der Waals surface area (Å²) >= 11 is 0. The zero-order valence-electron chi connectivity index (χ0n) is 22.7. The van der Waals surface area contributed by atoms with Crippen molar-refractivity contribution in [1.29, 1.82) is 5.41 Å². The summed E-state index contributed by atoms with van der Waals surface area (Å²) in [6.45, 7) is 0. The van der Waals surface area contributed by atoms with E-state index in [4.69, 9.17) is 11.1 Å². The second-order valence-electron chi connectivity index (χ2n) is 9.52. The molecule has 4 N–H and O–H groups in total. The van der Waals surface area contributed by atoms with Crippen LogP contribution in [0.25, 0.3) is 28.2 Å². The van der Waals surface area contributed by atoms with Crippen LogP contribution in [-0.2, 0) is 10.0 Å². The summed E-state index contributed by atoms with van der Waals surface area (Å²) in [6.07, 6.45) is 3.50. The fraction of sp³-hybridized carbons (Fsp3) is 0. The van der Waals surface area contributed by atoms with Gasteiger partial charge >= 0.3 is 0 Å². The molecule has 10 nitrogen and oxygen atoms in total. The molecule has 6 aromatic rings. The van der Waals surface area contributed by atoms with Crippen molar-refractivity contribution in [2.45, 2.75) is 4.90 Å². The molecule has 0 fully saturated rings. The van der Waals surface area contributed by atoms with Crippen LogP contribution in [0.5, 0.6) is 0 Å². The molecular weight excluding hydrogens is 560 g/mol. The van der Waals surface area contributed by atoms with Crippen molar-refractivity contribution in [3.63, 3.8) is 0 Å². The van der Waals surface area contributed by atoms with Crippen LogP contribution in [0.3, 0.4) is 0 Å². The molecule has 0 bridgehead atoms. The van der Waals surface area contributed by atoms with E-state index in [1.54, 1.807) is 30.6 Å². The van der Waals surface area contributed by atoms with E-state index in [1.165, 1.54) is 16.8 Å². The summed E-state index contributed by atoms with van der Waals surface area (Å²) < 4.78 is 32.0. The lowest BCUT2D eigenvalue weighted by Crippen LogP contribution is -2.22. The lowest BCUT2D eigenvalue weighted by atomic mass is 10.1. The molecule has 0 saturated heterocycles. The minimum absolute atomic E-state index is 0.0817. The second-order valence-corrected chi connectivity index (χ2v) is 11.2. The predicted molar refractivity (Wildman–Crippen MR) is 168 cm³/mol. The standard InChI is InChI=1S/C32H26N8O2S/c33-32(34)40-31(24-12-6-2-7-13-24)30(29(37-40)23-10-4-1-5-11-23)36-35-25-16-18-28(19-17-25)43(41,42)38-26-20-21-39(22-26)27-14-8-3-9-15-27/h1-22,38H,(H3,33,34). The SMILES string of the molecule is N=C(N)n1nc(-c2ccccc2)c(N=Nc2ccc(S(=O)(=O)Nc3ccn(-c4ccccc4)c3)cc2)c1-c1ccccc1. The van der Waals surface area contributed by atoms with Gasteiger partial charge in [-0.15, -0.1) is 5.11 Å². The minimum Gasteiger partial charge on any atom is -0.368 e. The number of para-hydroxylation sites is 1. The first-order valence-electron chi connectivity index (χ1n) is 13.3. The summed E-state index contributed by atoms with van der Waals surface area (Å²) in [4.78, 5) is 0.0817. The van der Waals surface area contributed by atoms with Gasteiger partial charge in [0.25, 0.3) is 10.0 Å². The van der Waals surface area contributed by atoms with E-state index in [9.17, 15) is 8.42 Å². The van der Waals surface area contributed by atoms with Gasteiger partial charge in [-0.25, -0.2) is 8.42 Å². The summed E-state index contributed by atoms with van der Waals surface area (Å²) in [7, 11) is -3.84. The van der Waals surface area contributed by atoms with Gasteiger partial charge in [-0.2, -0.15) is 14.9 Å². The van der Waals surface area contributed by atoms with Crippen molar-refractivity contribution in [1.82, 2.24) is 14.3 Å². The molecule has 6 rings (SSSR count). The number of sulfonamides is 1. The Bertz CT molecular complexity index is 2020. The van der Waals surface area contributed by atoms with E-state index in [0.717, 1.165) is 16.8 Å². The van der Waals surface area contributed by atoms with Crippen LogP contribution >= 0.6 is 0 Å². The van der Waals surface area contributed by atoms with Crippen LogP contribution in [0, 0.1) is 5.41 Å². The Balaban J connectivity index is 1.30. The second kappa shape index (κ2) is 11.6. The van der Waals surface area contributed by atoms with Crippen molar-refractivity contribution in [2.75, 3.05) is 4.72 Å². The van der Waals surface area contributed by atoms with Crippen molar-refractivity contribution in [2.24, 2.45) is 16.0 Å². The molecule has 212 valence electrons. The Labute approximate surface area is 248 Å². The highest BCUT2D eigenvalue weighted by Crippen LogP contribution is 2.40. The smallest absolute Gasteiger partial charge is 0.261 e. The van der Waals surface area contributed by atoms with E-state index < -0.39 is 10.0 Å². The number of nitrogens with zero attached hydrogens (tertiary/aromatic N) is 5. The fourth-order valence-electron chi connectivity index (χ4n) is 4.56. The fourth-order valence-corrected chi connectivity index (χ4v) is 5.60. The van der Waals surface area contributed by atoms with E-state index in [2.05, 4.69) is 20.0 Å². The number of hydrogen-bond acceptors (Lipinski definition) is 6. The molecule has 0 saturated carbocycles. The summed E-state index contributed by atoms with van der Waals surface area (Å²) in [5.74, 6) is -0.265. The third-order valence-electron chi connectivity index (χ3n) is 6.59. The summed E-state index contributed by atoms with van der Waals surface area (Å²) in [5.41, 5.74) is 10.7. The molecule has 0 spiro atoms. The van der Waals surface area contributed by atoms with Crippen LogP contribution in [-0.4, -0.2) is 28.7 Å². The van der Waals surface area contributed by atoms with Gasteiger partial charge < -0.3 is 10.3 Å². The Kier molecular flexibility index (Phi) is 7.37. The lowest BCUT2D eigenvalue weighted by Gasteiger charge is -2.07. The van der Waals surface area contributed by atoms with Crippen LogP contribution in [0.1, 0.15) is 0 Å². The highest BCUT2D eigenvalue weighted by Gasteiger charge is 2.22. The molecule has 0 amide bonds. The average molecular weight is 587 g/mol. The highest BCUT2D eigenvalue weighted by atomic mass is 32.2. The third kappa shape index (κ3) is 5.83. The molecule has 2 aromatic heterocycles. The predicted octanol–water partition coefficient (Wildman–Crippen LogP) is 6.97. The molecule has 0 unspecified atom stereocenters. The first-order chi connectivity index (χ1) is 20.9. The quantitative estimate of drug-likeness (QED) is 0.101.